The Morgan fingerprint density at radius 1 is 1.10 bits per heavy atom. The molecule has 0 aliphatic heterocycles. The van der Waals surface area contributed by atoms with Gasteiger partial charge < -0.3 is 14.6 Å². The van der Waals surface area contributed by atoms with E-state index in [1.807, 2.05) is 38.1 Å². The SMILES string of the molecule is CCOc1ccc(COc2cc(C)ccc2C(=O)O)cc1. The van der Waals surface area contributed by atoms with Gasteiger partial charge in [0.05, 0.1) is 6.61 Å². The van der Waals surface area contributed by atoms with Crippen molar-refractivity contribution < 1.29 is 19.4 Å². The number of hydrogen-bond acceptors (Lipinski definition) is 3. The molecular weight excluding hydrogens is 268 g/mol. The van der Waals surface area contributed by atoms with Crippen LogP contribution in [0.2, 0.25) is 0 Å². The molecular formula is C17H18O4. The number of benzene rings is 2. The number of rotatable bonds is 6. The van der Waals surface area contributed by atoms with Crippen molar-refractivity contribution in [1.29, 1.82) is 0 Å². The summed E-state index contributed by atoms with van der Waals surface area (Å²) in [6.45, 7) is 4.77. The smallest absolute Gasteiger partial charge is 0.339 e. The summed E-state index contributed by atoms with van der Waals surface area (Å²) in [5.74, 6) is 0.205. The van der Waals surface area contributed by atoms with Gasteiger partial charge in [0.25, 0.3) is 0 Å². The molecule has 0 radical (unpaired) electrons. The summed E-state index contributed by atoms with van der Waals surface area (Å²) in [6, 6.07) is 12.6. The third-order valence-electron chi connectivity index (χ3n) is 3.00. The lowest BCUT2D eigenvalue weighted by molar-refractivity contribution is 0.0691. The van der Waals surface area contributed by atoms with Gasteiger partial charge in [0.15, 0.2) is 0 Å². The van der Waals surface area contributed by atoms with Gasteiger partial charge in [-0.1, -0.05) is 18.2 Å². The summed E-state index contributed by atoms with van der Waals surface area (Å²) in [5, 5.41) is 9.15. The molecule has 2 aromatic rings. The molecule has 110 valence electrons. The van der Waals surface area contributed by atoms with Crippen molar-refractivity contribution in [3.63, 3.8) is 0 Å². The third kappa shape index (κ3) is 3.99. The lowest BCUT2D eigenvalue weighted by Crippen LogP contribution is -2.03. The predicted molar refractivity (Wildman–Crippen MR) is 80.1 cm³/mol. The van der Waals surface area contributed by atoms with E-state index in [0.717, 1.165) is 16.9 Å². The van der Waals surface area contributed by atoms with Gasteiger partial charge in [-0.2, -0.15) is 0 Å². The Bertz CT molecular complexity index is 617. The third-order valence-corrected chi connectivity index (χ3v) is 3.00. The van der Waals surface area contributed by atoms with Crippen LogP contribution in [0.3, 0.4) is 0 Å². The van der Waals surface area contributed by atoms with E-state index < -0.39 is 5.97 Å². The van der Waals surface area contributed by atoms with Gasteiger partial charge in [0.1, 0.15) is 23.7 Å². The summed E-state index contributed by atoms with van der Waals surface area (Å²) in [6.07, 6.45) is 0. The molecule has 0 heterocycles. The van der Waals surface area contributed by atoms with E-state index in [2.05, 4.69) is 0 Å². The summed E-state index contributed by atoms with van der Waals surface area (Å²) in [4.78, 5) is 11.2. The number of carbonyl (C=O) groups is 1. The Morgan fingerprint density at radius 2 is 1.81 bits per heavy atom. The van der Waals surface area contributed by atoms with Gasteiger partial charge in [0, 0.05) is 0 Å². The Hall–Kier alpha value is -2.49. The largest absolute Gasteiger partial charge is 0.494 e. The lowest BCUT2D eigenvalue weighted by atomic mass is 10.1. The van der Waals surface area contributed by atoms with Crippen molar-refractivity contribution in [2.24, 2.45) is 0 Å². The van der Waals surface area contributed by atoms with Crippen molar-refractivity contribution in [2.75, 3.05) is 6.61 Å². The fourth-order valence-electron chi connectivity index (χ4n) is 1.94. The van der Waals surface area contributed by atoms with Gasteiger partial charge in [0.2, 0.25) is 0 Å². The molecule has 0 atom stereocenters. The fraction of sp³-hybridized carbons (Fsp3) is 0.235. The molecule has 0 aliphatic carbocycles. The first-order valence-electron chi connectivity index (χ1n) is 6.78. The molecule has 4 nitrogen and oxygen atoms in total. The standard InChI is InChI=1S/C17H18O4/c1-3-20-14-7-5-13(6-8-14)11-21-16-10-12(2)4-9-15(16)17(18)19/h4-10H,3,11H2,1-2H3,(H,18,19). The molecule has 0 saturated heterocycles. The highest BCUT2D eigenvalue weighted by Gasteiger charge is 2.11. The van der Waals surface area contributed by atoms with Gasteiger partial charge in [-0.05, 0) is 49.2 Å². The average Bonchev–Trinajstić information content (AvgIpc) is 2.46. The average molecular weight is 286 g/mol. The number of ether oxygens (including phenoxy) is 2. The Labute approximate surface area is 123 Å². The van der Waals surface area contributed by atoms with Gasteiger partial charge in [-0.25, -0.2) is 4.79 Å². The zero-order valence-electron chi connectivity index (χ0n) is 12.1. The van der Waals surface area contributed by atoms with Gasteiger partial charge in [-0.3, -0.25) is 0 Å². The minimum Gasteiger partial charge on any atom is -0.494 e. The van der Waals surface area contributed by atoms with Crippen molar-refractivity contribution >= 4 is 5.97 Å². The quantitative estimate of drug-likeness (QED) is 0.880. The normalized spacial score (nSPS) is 10.2. The molecule has 2 aromatic carbocycles. The first-order valence-corrected chi connectivity index (χ1v) is 6.78. The van der Waals surface area contributed by atoms with E-state index in [1.54, 1.807) is 18.2 Å². The zero-order valence-corrected chi connectivity index (χ0v) is 12.1. The lowest BCUT2D eigenvalue weighted by Gasteiger charge is -2.10. The summed E-state index contributed by atoms with van der Waals surface area (Å²) < 4.78 is 11.0. The molecule has 4 heteroatoms. The number of carboxylic acids is 1. The van der Waals surface area contributed by atoms with E-state index >= 15 is 0 Å². The molecule has 0 spiro atoms. The molecule has 0 aliphatic rings. The highest BCUT2D eigenvalue weighted by molar-refractivity contribution is 5.90. The molecule has 2 rings (SSSR count). The molecule has 0 aromatic heterocycles. The van der Waals surface area contributed by atoms with Crippen molar-refractivity contribution in [3.8, 4) is 11.5 Å². The van der Waals surface area contributed by atoms with E-state index in [-0.39, 0.29) is 5.56 Å². The van der Waals surface area contributed by atoms with Crippen molar-refractivity contribution in [1.82, 2.24) is 0 Å². The fourth-order valence-corrected chi connectivity index (χ4v) is 1.94. The van der Waals surface area contributed by atoms with Crippen LogP contribution in [0, 0.1) is 6.92 Å². The van der Waals surface area contributed by atoms with Gasteiger partial charge >= 0.3 is 5.97 Å². The van der Waals surface area contributed by atoms with E-state index in [0.29, 0.717) is 19.0 Å². The van der Waals surface area contributed by atoms with Crippen LogP contribution < -0.4 is 9.47 Å². The van der Waals surface area contributed by atoms with Crippen LogP contribution in [0.4, 0.5) is 0 Å². The van der Waals surface area contributed by atoms with Gasteiger partial charge in [-0.15, -0.1) is 0 Å². The monoisotopic (exact) mass is 286 g/mol. The number of aryl methyl sites for hydroxylation is 1. The molecule has 0 unspecified atom stereocenters. The topological polar surface area (TPSA) is 55.8 Å². The zero-order chi connectivity index (χ0) is 15.2. The van der Waals surface area contributed by atoms with E-state index in [4.69, 9.17) is 14.6 Å². The highest BCUT2D eigenvalue weighted by Crippen LogP contribution is 2.22. The number of aromatic carboxylic acids is 1. The van der Waals surface area contributed by atoms with E-state index in [1.165, 1.54) is 0 Å². The molecule has 21 heavy (non-hydrogen) atoms. The molecule has 1 N–H and O–H groups in total. The van der Waals surface area contributed by atoms with Crippen LogP contribution in [0.15, 0.2) is 42.5 Å². The van der Waals surface area contributed by atoms with Crippen molar-refractivity contribution in [3.05, 3.63) is 59.2 Å². The molecule has 0 saturated carbocycles. The Balaban J connectivity index is 2.08. The minimum atomic E-state index is -0.989. The summed E-state index contributed by atoms with van der Waals surface area (Å²) in [7, 11) is 0. The van der Waals surface area contributed by atoms with Crippen LogP contribution in [-0.4, -0.2) is 17.7 Å². The highest BCUT2D eigenvalue weighted by atomic mass is 16.5. The van der Waals surface area contributed by atoms with Crippen molar-refractivity contribution in [2.45, 2.75) is 20.5 Å². The minimum absolute atomic E-state index is 0.173. The summed E-state index contributed by atoms with van der Waals surface area (Å²) in [5.41, 5.74) is 2.09. The van der Waals surface area contributed by atoms with Crippen LogP contribution >= 0.6 is 0 Å². The second-order valence-corrected chi connectivity index (χ2v) is 4.67. The second kappa shape index (κ2) is 6.79. The van der Waals surface area contributed by atoms with Crippen LogP contribution in [0.1, 0.15) is 28.4 Å². The maximum absolute atomic E-state index is 11.2. The molecule has 0 fully saturated rings. The Morgan fingerprint density at radius 3 is 2.43 bits per heavy atom. The number of hydrogen-bond donors (Lipinski definition) is 1. The second-order valence-electron chi connectivity index (χ2n) is 4.67. The maximum atomic E-state index is 11.2. The first-order chi connectivity index (χ1) is 10.1. The molecule has 0 amide bonds. The first kappa shape index (κ1) is 14.9. The maximum Gasteiger partial charge on any atom is 0.339 e. The number of carboxylic acid groups (broad SMARTS) is 1. The predicted octanol–water partition coefficient (Wildman–Crippen LogP) is 3.67. The molecule has 0 bridgehead atoms. The van der Waals surface area contributed by atoms with E-state index in [9.17, 15) is 4.79 Å². The van der Waals surface area contributed by atoms with Crippen LogP contribution in [0.5, 0.6) is 11.5 Å². The van der Waals surface area contributed by atoms with Crippen LogP contribution in [-0.2, 0) is 6.61 Å². The summed E-state index contributed by atoms with van der Waals surface area (Å²) >= 11 is 0. The van der Waals surface area contributed by atoms with Crippen LogP contribution in [0.25, 0.3) is 0 Å². The Kier molecular flexibility index (Phi) is 4.82.